The number of carbonyl (C=O) groups is 1. The van der Waals surface area contributed by atoms with E-state index in [1.807, 2.05) is 19.9 Å². The van der Waals surface area contributed by atoms with Crippen LogP contribution < -0.4 is 5.32 Å². The van der Waals surface area contributed by atoms with Crippen molar-refractivity contribution in [2.24, 2.45) is 0 Å². The Bertz CT molecular complexity index is 524. The van der Waals surface area contributed by atoms with Crippen molar-refractivity contribution in [3.8, 4) is 0 Å². The van der Waals surface area contributed by atoms with E-state index in [-0.39, 0.29) is 24.6 Å². The summed E-state index contributed by atoms with van der Waals surface area (Å²) in [7, 11) is 0. The minimum absolute atomic E-state index is 0.0386. The van der Waals surface area contributed by atoms with Crippen LogP contribution in [0.3, 0.4) is 0 Å². The van der Waals surface area contributed by atoms with Gasteiger partial charge in [0.2, 0.25) is 5.91 Å². The summed E-state index contributed by atoms with van der Waals surface area (Å²) in [6.45, 7) is 7.56. The zero-order chi connectivity index (χ0) is 15.9. The van der Waals surface area contributed by atoms with Gasteiger partial charge in [0.15, 0.2) is 0 Å². The van der Waals surface area contributed by atoms with Gasteiger partial charge in [0.1, 0.15) is 12.4 Å². The van der Waals surface area contributed by atoms with Crippen LogP contribution >= 0.6 is 0 Å². The van der Waals surface area contributed by atoms with Gasteiger partial charge in [-0.05, 0) is 37.6 Å². The maximum atomic E-state index is 12.1. The molecule has 0 bridgehead atoms. The number of hydrogen-bond acceptors (Lipinski definition) is 6. The van der Waals surface area contributed by atoms with Gasteiger partial charge in [-0.15, -0.1) is 5.10 Å². The molecule has 1 aliphatic heterocycles. The molecule has 1 N–H and O–H groups in total. The SMILES string of the molecule is CC(C)=CCO[C@H]1CCOC[C@H]1NC(=O)Cn1nnnc1C. The quantitative estimate of drug-likeness (QED) is 0.757. The number of tetrazole rings is 1. The first-order valence-electron chi connectivity index (χ1n) is 7.41. The van der Waals surface area contributed by atoms with Crippen molar-refractivity contribution in [3.63, 3.8) is 0 Å². The van der Waals surface area contributed by atoms with Crippen molar-refractivity contribution >= 4 is 5.91 Å². The topological polar surface area (TPSA) is 91.2 Å². The van der Waals surface area contributed by atoms with Crippen molar-refractivity contribution in [1.29, 1.82) is 0 Å². The van der Waals surface area contributed by atoms with Gasteiger partial charge in [0, 0.05) is 6.61 Å². The molecule has 0 aliphatic carbocycles. The lowest BCUT2D eigenvalue weighted by Gasteiger charge is -2.31. The van der Waals surface area contributed by atoms with Crippen molar-refractivity contribution in [2.45, 2.75) is 45.9 Å². The first-order valence-corrected chi connectivity index (χ1v) is 7.41. The number of allylic oxidation sites excluding steroid dienone is 1. The van der Waals surface area contributed by atoms with Crippen molar-refractivity contribution in [2.75, 3.05) is 19.8 Å². The third-order valence-corrected chi connectivity index (χ3v) is 3.45. The van der Waals surface area contributed by atoms with Gasteiger partial charge >= 0.3 is 0 Å². The fourth-order valence-corrected chi connectivity index (χ4v) is 2.17. The molecule has 1 aliphatic rings. The average Bonchev–Trinajstić information content (AvgIpc) is 2.85. The molecule has 22 heavy (non-hydrogen) atoms. The third-order valence-electron chi connectivity index (χ3n) is 3.45. The summed E-state index contributed by atoms with van der Waals surface area (Å²) in [6.07, 6.45) is 2.76. The lowest BCUT2D eigenvalue weighted by molar-refractivity contribution is -0.126. The van der Waals surface area contributed by atoms with Gasteiger partial charge in [-0.3, -0.25) is 4.79 Å². The van der Waals surface area contributed by atoms with E-state index in [0.29, 0.717) is 25.6 Å². The molecule has 1 saturated heterocycles. The number of rotatable bonds is 6. The number of ether oxygens (including phenoxy) is 2. The number of amides is 1. The van der Waals surface area contributed by atoms with E-state index in [0.717, 1.165) is 6.42 Å². The number of hydrogen-bond donors (Lipinski definition) is 1. The fraction of sp³-hybridized carbons (Fsp3) is 0.714. The minimum Gasteiger partial charge on any atom is -0.379 e. The molecule has 2 atom stereocenters. The molecule has 0 radical (unpaired) electrons. The molecule has 8 nitrogen and oxygen atoms in total. The molecule has 2 rings (SSSR count). The third kappa shape index (κ3) is 4.88. The van der Waals surface area contributed by atoms with E-state index < -0.39 is 0 Å². The van der Waals surface area contributed by atoms with Crippen LogP contribution in [0.5, 0.6) is 0 Å². The van der Waals surface area contributed by atoms with Gasteiger partial charge in [-0.1, -0.05) is 11.6 Å². The predicted molar refractivity (Wildman–Crippen MR) is 79.1 cm³/mol. The molecular formula is C14H23N5O3. The van der Waals surface area contributed by atoms with E-state index in [1.54, 1.807) is 6.92 Å². The Morgan fingerprint density at radius 3 is 3.05 bits per heavy atom. The van der Waals surface area contributed by atoms with E-state index in [2.05, 4.69) is 20.8 Å². The number of carbonyl (C=O) groups excluding carboxylic acids is 1. The summed E-state index contributed by atoms with van der Waals surface area (Å²) in [5.74, 6) is 0.452. The van der Waals surface area contributed by atoms with Crippen LogP contribution in [-0.4, -0.2) is 58.1 Å². The molecular weight excluding hydrogens is 286 g/mol. The average molecular weight is 309 g/mol. The van der Waals surface area contributed by atoms with Gasteiger partial charge in [-0.25, -0.2) is 4.68 Å². The molecule has 122 valence electrons. The monoisotopic (exact) mass is 309 g/mol. The van der Waals surface area contributed by atoms with Crippen LogP contribution in [-0.2, 0) is 20.8 Å². The molecule has 1 aromatic heterocycles. The Morgan fingerprint density at radius 1 is 1.55 bits per heavy atom. The largest absolute Gasteiger partial charge is 0.379 e. The van der Waals surface area contributed by atoms with E-state index in [1.165, 1.54) is 10.3 Å². The molecule has 1 aromatic rings. The summed E-state index contributed by atoms with van der Waals surface area (Å²) in [6, 6.07) is -0.149. The Morgan fingerprint density at radius 2 is 2.36 bits per heavy atom. The van der Waals surface area contributed by atoms with E-state index in [4.69, 9.17) is 9.47 Å². The summed E-state index contributed by atoms with van der Waals surface area (Å²) >= 11 is 0. The molecule has 0 aromatic carbocycles. The van der Waals surface area contributed by atoms with Gasteiger partial charge in [-0.2, -0.15) is 0 Å². The first kappa shape index (κ1) is 16.6. The Kier molecular flexibility index (Phi) is 6.02. The fourth-order valence-electron chi connectivity index (χ4n) is 2.17. The standard InChI is InChI=1S/C14H23N5O3/c1-10(2)4-7-22-13-5-6-21-9-12(13)15-14(20)8-19-11(3)16-17-18-19/h4,12-13H,5-9H2,1-3H3,(H,15,20)/t12-,13+/m1/s1. The smallest absolute Gasteiger partial charge is 0.242 e. The molecule has 1 fully saturated rings. The highest BCUT2D eigenvalue weighted by atomic mass is 16.5. The lowest BCUT2D eigenvalue weighted by atomic mass is 10.1. The highest BCUT2D eigenvalue weighted by Crippen LogP contribution is 2.12. The lowest BCUT2D eigenvalue weighted by Crippen LogP contribution is -2.51. The zero-order valence-electron chi connectivity index (χ0n) is 13.3. The molecule has 0 unspecified atom stereocenters. The van der Waals surface area contributed by atoms with Crippen LogP contribution in [0, 0.1) is 6.92 Å². The van der Waals surface area contributed by atoms with Crippen LogP contribution in [0.4, 0.5) is 0 Å². The van der Waals surface area contributed by atoms with Crippen LogP contribution in [0.1, 0.15) is 26.1 Å². The first-order chi connectivity index (χ1) is 10.6. The maximum Gasteiger partial charge on any atom is 0.242 e. The summed E-state index contributed by atoms with van der Waals surface area (Å²) in [5.41, 5.74) is 1.21. The Balaban J connectivity index is 1.86. The Labute approximate surface area is 129 Å². The maximum absolute atomic E-state index is 12.1. The highest BCUT2D eigenvalue weighted by molar-refractivity contribution is 5.76. The van der Waals surface area contributed by atoms with E-state index in [9.17, 15) is 4.79 Å². The second-order valence-electron chi connectivity index (χ2n) is 5.57. The van der Waals surface area contributed by atoms with Crippen LogP contribution in [0.15, 0.2) is 11.6 Å². The second-order valence-corrected chi connectivity index (χ2v) is 5.57. The Hall–Kier alpha value is -1.80. The minimum atomic E-state index is -0.151. The van der Waals surface area contributed by atoms with Crippen LogP contribution in [0.25, 0.3) is 0 Å². The highest BCUT2D eigenvalue weighted by Gasteiger charge is 2.27. The van der Waals surface area contributed by atoms with E-state index >= 15 is 0 Å². The van der Waals surface area contributed by atoms with Crippen molar-refractivity contribution < 1.29 is 14.3 Å². The van der Waals surface area contributed by atoms with Crippen LogP contribution in [0.2, 0.25) is 0 Å². The molecule has 8 heteroatoms. The van der Waals surface area contributed by atoms with Crippen molar-refractivity contribution in [1.82, 2.24) is 25.5 Å². The van der Waals surface area contributed by atoms with Gasteiger partial charge in [0.25, 0.3) is 0 Å². The second kappa shape index (κ2) is 8.00. The number of aromatic nitrogens is 4. The number of nitrogens with one attached hydrogen (secondary N) is 1. The summed E-state index contributed by atoms with van der Waals surface area (Å²) in [5, 5.41) is 14.0. The molecule has 1 amide bonds. The molecule has 2 heterocycles. The summed E-state index contributed by atoms with van der Waals surface area (Å²) in [4.78, 5) is 12.1. The zero-order valence-corrected chi connectivity index (χ0v) is 13.3. The molecule has 0 spiro atoms. The number of aryl methyl sites for hydroxylation is 1. The predicted octanol–water partition coefficient (Wildman–Crippen LogP) is 0.238. The van der Waals surface area contributed by atoms with Crippen molar-refractivity contribution in [3.05, 3.63) is 17.5 Å². The summed E-state index contributed by atoms with van der Waals surface area (Å²) < 4.78 is 12.7. The van der Waals surface area contributed by atoms with Gasteiger partial charge < -0.3 is 14.8 Å². The normalized spacial score (nSPS) is 21.4. The number of nitrogens with zero attached hydrogens (tertiary/aromatic N) is 4. The van der Waals surface area contributed by atoms with Gasteiger partial charge in [0.05, 0.1) is 25.4 Å². The molecule has 0 saturated carbocycles.